The fourth-order valence-electron chi connectivity index (χ4n) is 3.00. The molecule has 0 bridgehead atoms. The van der Waals surface area contributed by atoms with Crippen LogP contribution >= 0.6 is 0 Å². The Morgan fingerprint density at radius 2 is 1.96 bits per heavy atom. The van der Waals surface area contributed by atoms with E-state index in [0.29, 0.717) is 11.9 Å². The molecule has 128 valence electrons. The number of carboxylic acids is 1. The van der Waals surface area contributed by atoms with Crippen LogP contribution in [0.15, 0.2) is 4.79 Å². The van der Waals surface area contributed by atoms with Crippen molar-refractivity contribution < 1.29 is 19.8 Å². The van der Waals surface area contributed by atoms with Gasteiger partial charge in [0.05, 0.1) is 5.69 Å². The first-order chi connectivity index (χ1) is 11.3. The minimum Gasteiger partial charge on any atom is -0.505 e. The Morgan fingerprint density at radius 1 is 1.29 bits per heavy atom. The van der Waals surface area contributed by atoms with E-state index in [2.05, 4.69) is 10.4 Å². The summed E-state index contributed by atoms with van der Waals surface area (Å²) in [7, 11) is 1.45. The number of aromatic nitrogens is 3. The van der Waals surface area contributed by atoms with Gasteiger partial charge in [-0.25, -0.2) is 4.68 Å². The van der Waals surface area contributed by atoms with E-state index < -0.39 is 34.8 Å². The number of nitrogens with zero attached hydrogens (tertiary/aromatic N) is 3. The lowest BCUT2D eigenvalue weighted by Gasteiger charge is -2.13. The predicted molar refractivity (Wildman–Crippen MR) is 83.3 cm³/mol. The molecule has 1 unspecified atom stereocenters. The summed E-state index contributed by atoms with van der Waals surface area (Å²) in [5.41, 5.74) is 0.763. The van der Waals surface area contributed by atoms with E-state index >= 15 is 0 Å². The van der Waals surface area contributed by atoms with Gasteiger partial charge < -0.3 is 15.5 Å². The molecular formula is C15H18N4O5. The summed E-state index contributed by atoms with van der Waals surface area (Å²) in [6, 6.07) is -1.18. The molecule has 0 saturated carbocycles. The Labute approximate surface area is 136 Å². The monoisotopic (exact) mass is 334 g/mol. The standard InChI is InChI=1S/C15H18N4O5/c1-7(15(23)24)16-13(21)10-12(20)11-8-5-3-4-6-9(8)17-19(11)18(2)14(10)22/h7,20H,3-6H2,1-2H3,(H,16,21)(H,23,24). The van der Waals surface area contributed by atoms with Crippen LogP contribution in [-0.4, -0.2) is 42.5 Å². The third kappa shape index (κ3) is 2.32. The number of aryl methyl sites for hydroxylation is 3. The Morgan fingerprint density at radius 3 is 2.62 bits per heavy atom. The number of carbonyl (C=O) groups excluding carboxylic acids is 1. The number of aromatic hydroxyl groups is 1. The van der Waals surface area contributed by atoms with Gasteiger partial charge in [-0.2, -0.15) is 9.73 Å². The van der Waals surface area contributed by atoms with E-state index in [1.807, 2.05) is 0 Å². The lowest BCUT2D eigenvalue weighted by Crippen LogP contribution is -2.42. The van der Waals surface area contributed by atoms with Crippen LogP contribution < -0.4 is 10.9 Å². The van der Waals surface area contributed by atoms with Crippen molar-refractivity contribution in [2.45, 2.75) is 38.6 Å². The number of hydrogen-bond donors (Lipinski definition) is 3. The molecule has 3 rings (SSSR count). The Balaban J connectivity index is 2.20. The summed E-state index contributed by atoms with van der Waals surface area (Å²) in [5.74, 6) is -2.61. The molecule has 0 spiro atoms. The molecule has 2 aromatic rings. The molecule has 0 saturated heterocycles. The van der Waals surface area contributed by atoms with Gasteiger partial charge in [0.2, 0.25) is 0 Å². The molecule has 24 heavy (non-hydrogen) atoms. The highest BCUT2D eigenvalue weighted by Gasteiger charge is 2.28. The van der Waals surface area contributed by atoms with Crippen molar-refractivity contribution in [2.24, 2.45) is 7.05 Å². The van der Waals surface area contributed by atoms with Gasteiger partial charge in [0.25, 0.3) is 11.5 Å². The van der Waals surface area contributed by atoms with Crippen LogP contribution in [0.2, 0.25) is 0 Å². The van der Waals surface area contributed by atoms with E-state index in [9.17, 15) is 19.5 Å². The number of hydrogen-bond acceptors (Lipinski definition) is 5. The second-order valence-corrected chi connectivity index (χ2v) is 5.96. The highest BCUT2D eigenvalue weighted by molar-refractivity contribution is 6.00. The lowest BCUT2D eigenvalue weighted by molar-refractivity contribution is -0.138. The maximum atomic E-state index is 12.4. The van der Waals surface area contributed by atoms with Crippen molar-refractivity contribution in [3.05, 3.63) is 27.2 Å². The van der Waals surface area contributed by atoms with Gasteiger partial charge in [0.1, 0.15) is 11.6 Å². The zero-order chi connectivity index (χ0) is 17.6. The third-order valence-corrected chi connectivity index (χ3v) is 4.34. The summed E-state index contributed by atoms with van der Waals surface area (Å²) < 4.78 is 2.46. The first-order valence-electron chi connectivity index (χ1n) is 7.69. The molecule has 2 heterocycles. The van der Waals surface area contributed by atoms with Crippen LogP contribution in [0.25, 0.3) is 5.52 Å². The summed E-state index contributed by atoms with van der Waals surface area (Å²) in [6.45, 7) is 1.28. The largest absolute Gasteiger partial charge is 0.505 e. The number of carbonyl (C=O) groups is 2. The number of carboxylic acid groups (broad SMARTS) is 1. The average molecular weight is 334 g/mol. The smallest absolute Gasteiger partial charge is 0.325 e. The number of nitrogens with one attached hydrogen (secondary N) is 1. The van der Waals surface area contributed by atoms with Crippen molar-refractivity contribution in [1.82, 2.24) is 19.7 Å². The maximum absolute atomic E-state index is 12.4. The van der Waals surface area contributed by atoms with Crippen molar-refractivity contribution in [2.75, 3.05) is 0 Å². The molecular weight excluding hydrogens is 316 g/mol. The normalized spacial score (nSPS) is 15.1. The van der Waals surface area contributed by atoms with Crippen molar-refractivity contribution in [3.63, 3.8) is 0 Å². The topological polar surface area (TPSA) is 126 Å². The van der Waals surface area contributed by atoms with Gasteiger partial charge in [-0.3, -0.25) is 14.4 Å². The van der Waals surface area contributed by atoms with E-state index in [-0.39, 0.29) is 0 Å². The lowest BCUT2D eigenvalue weighted by atomic mass is 9.96. The molecule has 1 amide bonds. The number of rotatable bonds is 3. The average Bonchev–Trinajstić information content (AvgIpc) is 2.92. The van der Waals surface area contributed by atoms with E-state index in [0.717, 1.165) is 35.2 Å². The molecule has 0 radical (unpaired) electrons. The van der Waals surface area contributed by atoms with E-state index in [4.69, 9.17) is 5.11 Å². The molecule has 9 heteroatoms. The van der Waals surface area contributed by atoms with Gasteiger partial charge >= 0.3 is 5.97 Å². The van der Waals surface area contributed by atoms with E-state index in [1.165, 1.54) is 18.6 Å². The van der Waals surface area contributed by atoms with Crippen molar-refractivity contribution in [3.8, 4) is 5.75 Å². The van der Waals surface area contributed by atoms with Crippen LogP contribution in [0.3, 0.4) is 0 Å². The maximum Gasteiger partial charge on any atom is 0.325 e. The van der Waals surface area contributed by atoms with Gasteiger partial charge in [-0.15, -0.1) is 0 Å². The summed E-state index contributed by atoms with van der Waals surface area (Å²) >= 11 is 0. The summed E-state index contributed by atoms with van der Waals surface area (Å²) in [5, 5.41) is 26.0. The molecule has 3 N–H and O–H groups in total. The zero-order valence-electron chi connectivity index (χ0n) is 13.4. The SMILES string of the molecule is CC(NC(=O)c1c(O)c2c3c(nn2n(C)c1=O)CCCC3)C(=O)O. The molecule has 0 fully saturated rings. The minimum absolute atomic E-state index is 0.333. The first kappa shape index (κ1) is 16.0. The van der Waals surface area contributed by atoms with Crippen LogP contribution in [-0.2, 0) is 24.7 Å². The zero-order valence-corrected chi connectivity index (χ0v) is 13.4. The second kappa shape index (κ2) is 5.66. The molecule has 1 aliphatic carbocycles. The molecule has 1 atom stereocenters. The van der Waals surface area contributed by atoms with Crippen LogP contribution in [0, 0.1) is 0 Å². The minimum atomic E-state index is -1.23. The molecule has 0 aromatic carbocycles. The number of fused-ring (bicyclic) bond motifs is 3. The Bertz CT molecular complexity index is 911. The fraction of sp³-hybridized carbons (Fsp3) is 0.467. The van der Waals surface area contributed by atoms with Crippen LogP contribution in [0.1, 0.15) is 41.4 Å². The third-order valence-electron chi connectivity index (χ3n) is 4.34. The second-order valence-electron chi connectivity index (χ2n) is 5.96. The van der Waals surface area contributed by atoms with Crippen LogP contribution in [0.5, 0.6) is 5.75 Å². The first-order valence-corrected chi connectivity index (χ1v) is 7.69. The molecule has 2 aromatic heterocycles. The fourth-order valence-corrected chi connectivity index (χ4v) is 3.00. The van der Waals surface area contributed by atoms with Crippen LogP contribution in [0.4, 0.5) is 0 Å². The number of amides is 1. The number of aliphatic carboxylic acids is 1. The Hall–Kier alpha value is -2.84. The molecule has 9 nitrogen and oxygen atoms in total. The molecule has 0 aliphatic heterocycles. The van der Waals surface area contributed by atoms with Crippen molar-refractivity contribution in [1.29, 1.82) is 0 Å². The highest BCUT2D eigenvalue weighted by Crippen LogP contribution is 2.31. The quantitative estimate of drug-likeness (QED) is 0.715. The van der Waals surface area contributed by atoms with Gasteiger partial charge in [0.15, 0.2) is 11.3 Å². The molecule has 1 aliphatic rings. The van der Waals surface area contributed by atoms with Gasteiger partial charge in [-0.05, 0) is 32.6 Å². The predicted octanol–water partition coefficient (Wildman–Crippen LogP) is -0.180. The summed E-state index contributed by atoms with van der Waals surface area (Å²) in [4.78, 5) is 35.6. The summed E-state index contributed by atoms with van der Waals surface area (Å²) in [6.07, 6.45) is 3.38. The van der Waals surface area contributed by atoms with Gasteiger partial charge in [0, 0.05) is 12.6 Å². The highest BCUT2D eigenvalue weighted by atomic mass is 16.4. The van der Waals surface area contributed by atoms with Gasteiger partial charge in [-0.1, -0.05) is 0 Å². The Kier molecular flexibility index (Phi) is 3.78. The van der Waals surface area contributed by atoms with E-state index in [1.54, 1.807) is 0 Å². The van der Waals surface area contributed by atoms with Crippen molar-refractivity contribution >= 4 is 17.4 Å².